The van der Waals surface area contributed by atoms with Crippen molar-refractivity contribution in [1.29, 1.82) is 0 Å². The lowest BCUT2D eigenvalue weighted by Gasteiger charge is -2.12. The van der Waals surface area contributed by atoms with Gasteiger partial charge >= 0.3 is 0 Å². The third-order valence-electron chi connectivity index (χ3n) is 3.64. The Morgan fingerprint density at radius 2 is 2.00 bits per heavy atom. The topological polar surface area (TPSA) is 119 Å². The van der Waals surface area contributed by atoms with Crippen molar-refractivity contribution in [2.24, 2.45) is 0 Å². The van der Waals surface area contributed by atoms with Crippen molar-refractivity contribution in [3.05, 3.63) is 35.9 Å². The fourth-order valence-electron chi connectivity index (χ4n) is 2.37. The van der Waals surface area contributed by atoms with Gasteiger partial charge in [-0.1, -0.05) is 6.07 Å². The molecule has 9 heteroatoms. The minimum Gasteiger partial charge on any atom is -0.504 e. The van der Waals surface area contributed by atoms with Crippen molar-refractivity contribution >= 4 is 18.2 Å². The monoisotopic (exact) mass is 365 g/mol. The second-order valence-electron chi connectivity index (χ2n) is 6.04. The highest BCUT2D eigenvalue weighted by Crippen LogP contribution is 2.30. The van der Waals surface area contributed by atoms with Crippen LogP contribution in [0.1, 0.15) is 25.2 Å². The van der Waals surface area contributed by atoms with Crippen LogP contribution in [0.5, 0.6) is 11.5 Å². The van der Waals surface area contributed by atoms with Gasteiger partial charge in [0, 0.05) is 0 Å². The van der Waals surface area contributed by atoms with E-state index in [-0.39, 0.29) is 29.8 Å². The van der Waals surface area contributed by atoms with Crippen LogP contribution in [0.2, 0.25) is 0 Å². The summed E-state index contributed by atoms with van der Waals surface area (Å²) in [6.45, 7) is 3.62. The number of ether oxygens (including phenoxy) is 1. The molecule has 0 atom stereocenters. The molecule has 0 unspecified atom stereocenters. The number of nitrogens with two attached hydrogens (primary N) is 1. The van der Waals surface area contributed by atoms with E-state index in [1.807, 2.05) is 6.07 Å². The summed E-state index contributed by atoms with van der Waals surface area (Å²) < 4.78 is 6.80. The number of nitrogen functional groups attached to an aromatic ring is 1. The molecule has 0 amide bonds. The Bertz CT molecular complexity index is 860. The summed E-state index contributed by atoms with van der Waals surface area (Å²) in [4.78, 5) is 12.8. The van der Waals surface area contributed by atoms with E-state index < -0.39 is 5.60 Å². The molecule has 1 aromatic rings. The standard InChI is InChI=1S/C16H19N5O3.ClH/c1-16(2,23)15-19-12-13(17)18-8-21(14(12)20-15)7-9-4-5-11(24-3)10(22)6-9;/h4-6,8,22-23H,7,17H2,1-3H3;1H. The van der Waals surface area contributed by atoms with Crippen LogP contribution in [0.3, 0.4) is 0 Å². The lowest BCUT2D eigenvalue weighted by Crippen LogP contribution is -2.17. The van der Waals surface area contributed by atoms with Crippen LogP contribution in [0.15, 0.2) is 24.5 Å². The van der Waals surface area contributed by atoms with Crippen molar-refractivity contribution < 1.29 is 14.9 Å². The molecule has 2 heterocycles. The number of fused-ring (bicyclic) bond motifs is 1. The van der Waals surface area contributed by atoms with Crippen molar-refractivity contribution in [3.8, 4) is 23.0 Å². The number of halogens is 1. The van der Waals surface area contributed by atoms with E-state index in [2.05, 4.69) is 15.0 Å². The molecule has 0 spiro atoms. The SMILES string of the molecule is COc1ccc(Cn2cnc(N)c3nc(C(C)(C)O)nc2-3)cc1O.Cl. The van der Waals surface area contributed by atoms with Crippen LogP contribution in [-0.4, -0.2) is 36.8 Å². The van der Waals surface area contributed by atoms with Crippen LogP contribution < -0.4 is 10.5 Å². The second-order valence-corrected chi connectivity index (χ2v) is 6.04. The van der Waals surface area contributed by atoms with Gasteiger partial charge in [0.15, 0.2) is 34.7 Å². The van der Waals surface area contributed by atoms with Crippen molar-refractivity contribution in [3.63, 3.8) is 0 Å². The smallest absolute Gasteiger partial charge is 0.166 e. The maximum absolute atomic E-state index is 10.1. The van der Waals surface area contributed by atoms with Crippen LogP contribution in [0, 0.1) is 0 Å². The molecule has 8 nitrogen and oxygen atoms in total. The van der Waals surface area contributed by atoms with Gasteiger partial charge in [0.05, 0.1) is 20.0 Å². The number of aromatic hydroxyl groups is 1. The molecular weight excluding hydrogens is 346 g/mol. The van der Waals surface area contributed by atoms with E-state index in [1.54, 1.807) is 36.9 Å². The van der Waals surface area contributed by atoms with E-state index in [1.165, 1.54) is 7.11 Å². The second kappa shape index (κ2) is 6.73. The third-order valence-corrected chi connectivity index (χ3v) is 3.64. The molecule has 25 heavy (non-hydrogen) atoms. The quantitative estimate of drug-likeness (QED) is 0.644. The summed E-state index contributed by atoms with van der Waals surface area (Å²) in [6.07, 6.45) is 1.56. The summed E-state index contributed by atoms with van der Waals surface area (Å²) in [6, 6.07) is 5.13. The van der Waals surface area contributed by atoms with E-state index in [0.717, 1.165) is 5.56 Å². The predicted octanol–water partition coefficient (Wildman–Crippen LogP) is 1.77. The first-order valence-corrected chi connectivity index (χ1v) is 7.36. The first kappa shape index (κ1) is 18.8. The number of aliphatic hydroxyl groups is 1. The van der Waals surface area contributed by atoms with Gasteiger partial charge in [-0.15, -0.1) is 12.4 Å². The fraction of sp³-hybridized carbons (Fsp3) is 0.312. The molecule has 1 aromatic carbocycles. The highest BCUT2D eigenvalue weighted by Gasteiger charge is 2.27. The zero-order valence-corrected chi connectivity index (χ0v) is 14.9. The van der Waals surface area contributed by atoms with Crippen LogP contribution in [-0.2, 0) is 12.1 Å². The normalized spacial score (nSPS) is 11.4. The van der Waals surface area contributed by atoms with Crippen molar-refractivity contribution in [2.75, 3.05) is 12.8 Å². The molecular formula is C16H20ClN5O3. The van der Waals surface area contributed by atoms with Gasteiger partial charge in [-0.3, -0.25) is 0 Å². The molecule has 0 fully saturated rings. The van der Waals surface area contributed by atoms with Gasteiger partial charge in [0.1, 0.15) is 5.60 Å². The highest BCUT2D eigenvalue weighted by molar-refractivity contribution is 5.85. The molecule has 0 radical (unpaired) electrons. The number of phenolic OH excluding ortho intramolecular Hbond substituents is 1. The maximum atomic E-state index is 10.1. The molecule has 2 aliphatic heterocycles. The lowest BCUT2D eigenvalue weighted by atomic mass is 10.1. The number of benzene rings is 1. The van der Waals surface area contributed by atoms with Gasteiger partial charge in [-0.25, -0.2) is 15.0 Å². The molecule has 0 saturated carbocycles. The average Bonchev–Trinajstić information content (AvgIpc) is 2.97. The molecule has 0 bridgehead atoms. The van der Waals surface area contributed by atoms with Gasteiger partial charge in [0.25, 0.3) is 0 Å². The summed E-state index contributed by atoms with van der Waals surface area (Å²) in [5.74, 6) is 1.52. The molecule has 2 aliphatic rings. The van der Waals surface area contributed by atoms with E-state index in [4.69, 9.17) is 10.5 Å². The summed E-state index contributed by atoms with van der Waals surface area (Å²) in [5, 5.41) is 20.0. The Labute approximate surface area is 151 Å². The van der Waals surface area contributed by atoms with Gasteiger partial charge < -0.3 is 25.3 Å². The van der Waals surface area contributed by atoms with Crippen molar-refractivity contribution in [2.45, 2.75) is 26.0 Å². The zero-order valence-electron chi connectivity index (χ0n) is 14.1. The third kappa shape index (κ3) is 3.59. The number of imidazole rings is 1. The Kier molecular flexibility index (Phi) is 5.05. The Balaban J connectivity index is 0.00000225. The Morgan fingerprint density at radius 1 is 1.28 bits per heavy atom. The fourth-order valence-corrected chi connectivity index (χ4v) is 2.37. The summed E-state index contributed by atoms with van der Waals surface area (Å²) in [5.41, 5.74) is 5.96. The first-order valence-electron chi connectivity index (χ1n) is 7.36. The molecule has 0 aromatic heterocycles. The minimum absolute atomic E-state index is 0. The average molecular weight is 366 g/mol. The van der Waals surface area contributed by atoms with Crippen LogP contribution in [0.25, 0.3) is 11.5 Å². The lowest BCUT2D eigenvalue weighted by molar-refractivity contribution is 0.0698. The number of nitrogens with zero attached hydrogens (tertiary/aromatic N) is 4. The Morgan fingerprint density at radius 3 is 2.60 bits per heavy atom. The minimum atomic E-state index is -1.18. The van der Waals surface area contributed by atoms with Gasteiger partial charge in [-0.2, -0.15) is 0 Å². The van der Waals surface area contributed by atoms with E-state index in [0.29, 0.717) is 23.8 Å². The molecule has 4 N–H and O–H groups in total. The number of rotatable bonds is 4. The predicted molar refractivity (Wildman–Crippen MR) is 95.1 cm³/mol. The van der Waals surface area contributed by atoms with Crippen molar-refractivity contribution in [1.82, 2.24) is 19.5 Å². The molecule has 0 saturated heterocycles. The van der Waals surface area contributed by atoms with E-state index in [9.17, 15) is 10.2 Å². The van der Waals surface area contributed by atoms with Gasteiger partial charge in [-0.05, 0) is 31.5 Å². The van der Waals surface area contributed by atoms with Crippen LogP contribution in [0.4, 0.5) is 5.82 Å². The van der Waals surface area contributed by atoms with E-state index >= 15 is 0 Å². The molecule has 3 rings (SSSR count). The number of hydrogen-bond acceptors (Lipinski definition) is 7. The number of anilines is 1. The number of methoxy groups -OCH3 is 1. The van der Waals surface area contributed by atoms with Gasteiger partial charge in [0.2, 0.25) is 0 Å². The Hall–Kier alpha value is -2.58. The number of hydrogen-bond donors (Lipinski definition) is 3. The molecule has 134 valence electrons. The number of aromatic nitrogens is 4. The maximum Gasteiger partial charge on any atom is 0.166 e. The summed E-state index contributed by atoms with van der Waals surface area (Å²) >= 11 is 0. The molecule has 0 aliphatic carbocycles. The first-order chi connectivity index (χ1) is 11.3. The summed E-state index contributed by atoms with van der Waals surface area (Å²) in [7, 11) is 1.49. The zero-order chi connectivity index (χ0) is 17.5. The largest absolute Gasteiger partial charge is 0.504 e. The highest BCUT2D eigenvalue weighted by atomic mass is 35.5. The number of phenols is 1. The van der Waals surface area contributed by atoms with Crippen LogP contribution >= 0.6 is 12.4 Å².